The standard InChI is InChI=1S/C11H13F3N2O3/c1-18-6-9(15)10(17)16-7-2-4-8(5-3-7)19-11(12,13)14/h2-5,9H,6,15H2,1H3,(H,16,17). The zero-order valence-electron chi connectivity index (χ0n) is 10.0. The normalized spacial score (nSPS) is 12.9. The van der Waals surface area contributed by atoms with Gasteiger partial charge in [-0.2, -0.15) is 0 Å². The molecule has 1 atom stereocenters. The van der Waals surface area contributed by atoms with Crippen LogP contribution >= 0.6 is 0 Å². The molecular formula is C11H13F3N2O3. The molecule has 19 heavy (non-hydrogen) atoms. The van der Waals surface area contributed by atoms with Crippen LogP contribution in [0.4, 0.5) is 18.9 Å². The summed E-state index contributed by atoms with van der Waals surface area (Å²) in [5, 5.41) is 2.44. The third-order valence-corrected chi connectivity index (χ3v) is 2.04. The van der Waals surface area contributed by atoms with Crippen molar-refractivity contribution >= 4 is 11.6 Å². The Balaban J connectivity index is 2.59. The van der Waals surface area contributed by atoms with Crippen LogP contribution in [0.5, 0.6) is 5.75 Å². The minimum Gasteiger partial charge on any atom is -0.406 e. The zero-order chi connectivity index (χ0) is 14.5. The number of alkyl halides is 3. The van der Waals surface area contributed by atoms with Crippen LogP contribution < -0.4 is 15.8 Å². The number of ether oxygens (including phenoxy) is 2. The second kappa shape index (κ2) is 6.39. The van der Waals surface area contributed by atoms with E-state index < -0.39 is 18.3 Å². The summed E-state index contributed by atoms with van der Waals surface area (Å²) in [5.41, 5.74) is 5.79. The van der Waals surface area contributed by atoms with Gasteiger partial charge in [0.05, 0.1) is 6.61 Å². The van der Waals surface area contributed by atoms with Crippen LogP contribution in [0, 0.1) is 0 Å². The quantitative estimate of drug-likeness (QED) is 0.856. The molecule has 8 heteroatoms. The molecule has 1 unspecified atom stereocenters. The lowest BCUT2D eigenvalue weighted by Gasteiger charge is -2.12. The number of hydrogen-bond acceptors (Lipinski definition) is 4. The van der Waals surface area contributed by atoms with Crippen LogP contribution in [0.2, 0.25) is 0 Å². The summed E-state index contributed by atoms with van der Waals surface area (Å²) in [7, 11) is 1.40. The Hall–Kier alpha value is -1.80. The molecule has 1 amide bonds. The van der Waals surface area contributed by atoms with Crippen molar-refractivity contribution in [1.82, 2.24) is 0 Å². The Kier molecular flexibility index (Phi) is 5.13. The average Bonchev–Trinajstić information content (AvgIpc) is 2.30. The second-order valence-corrected chi connectivity index (χ2v) is 3.62. The number of halogens is 3. The van der Waals surface area contributed by atoms with Gasteiger partial charge >= 0.3 is 6.36 Å². The highest BCUT2D eigenvalue weighted by molar-refractivity contribution is 5.94. The summed E-state index contributed by atoms with van der Waals surface area (Å²) >= 11 is 0. The largest absolute Gasteiger partial charge is 0.573 e. The van der Waals surface area contributed by atoms with Crippen LogP contribution in [-0.4, -0.2) is 32.0 Å². The summed E-state index contributed by atoms with van der Waals surface area (Å²) < 4.78 is 44.2. The number of hydrogen-bond donors (Lipinski definition) is 2. The number of carbonyl (C=O) groups excluding carboxylic acids is 1. The first kappa shape index (κ1) is 15.3. The fourth-order valence-electron chi connectivity index (χ4n) is 1.23. The van der Waals surface area contributed by atoms with Crippen molar-refractivity contribution < 1.29 is 27.4 Å². The first-order valence-electron chi connectivity index (χ1n) is 5.23. The molecule has 0 aliphatic rings. The SMILES string of the molecule is COCC(N)C(=O)Nc1ccc(OC(F)(F)F)cc1. The molecule has 1 aromatic carbocycles. The zero-order valence-corrected chi connectivity index (χ0v) is 10.0. The number of amides is 1. The maximum absolute atomic E-state index is 11.9. The summed E-state index contributed by atoms with van der Waals surface area (Å²) in [6, 6.07) is 3.88. The van der Waals surface area contributed by atoms with Gasteiger partial charge in [-0.25, -0.2) is 0 Å². The summed E-state index contributed by atoms with van der Waals surface area (Å²) in [6.45, 7) is 0.0428. The number of benzene rings is 1. The predicted octanol–water partition coefficient (Wildman–Crippen LogP) is 1.50. The first-order chi connectivity index (χ1) is 8.81. The molecule has 0 aromatic heterocycles. The fourth-order valence-corrected chi connectivity index (χ4v) is 1.23. The number of anilines is 1. The molecule has 0 radical (unpaired) electrons. The molecule has 106 valence electrons. The topological polar surface area (TPSA) is 73.6 Å². The molecule has 3 N–H and O–H groups in total. The molecule has 0 aliphatic carbocycles. The van der Waals surface area contributed by atoms with Gasteiger partial charge in [0.2, 0.25) is 5.91 Å². The van der Waals surface area contributed by atoms with Gasteiger partial charge in [0.1, 0.15) is 11.8 Å². The summed E-state index contributed by atoms with van der Waals surface area (Å²) in [4.78, 5) is 11.5. The van der Waals surface area contributed by atoms with Crippen molar-refractivity contribution in [1.29, 1.82) is 0 Å². The van der Waals surface area contributed by atoms with Gasteiger partial charge in [0, 0.05) is 12.8 Å². The summed E-state index contributed by atoms with van der Waals surface area (Å²) in [5.74, 6) is -0.863. The van der Waals surface area contributed by atoms with E-state index in [-0.39, 0.29) is 12.4 Å². The third kappa shape index (κ3) is 5.58. The number of nitrogens with one attached hydrogen (secondary N) is 1. The fraction of sp³-hybridized carbons (Fsp3) is 0.364. The van der Waals surface area contributed by atoms with Crippen LogP contribution in [0.3, 0.4) is 0 Å². The Morgan fingerprint density at radius 3 is 2.42 bits per heavy atom. The van der Waals surface area contributed by atoms with Crippen LogP contribution in [-0.2, 0) is 9.53 Å². The number of nitrogens with two attached hydrogens (primary N) is 1. The van der Waals surface area contributed by atoms with Gasteiger partial charge in [0.25, 0.3) is 0 Å². The number of carbonyl (C=O) groups is 1. The lowest BCUT2D eigenvalue weighted by molar-refractivity contribution is -0.274. The lowest BCUT2D eigenvalue weighted by atomic mass is 10.2. The van der Waals surface area contributed by atoms with E-state index in [0.29, 0.717) is 5.69 Å². The van der Waals surface area contributed by atoms with Gasteiger partial charge in [-0.05, 0) is 24.3 Å². The molecule has 0 bridgehead atoms. The average molecular weight is 278 g/mol. The van der Waals surface area contributed by atoms with Crippen molar-refractivity contribution in [2.75, 3.05) is 19.0 Å². The van der Waals surface area contributed by atoms with E-state index >= 15 is 0 Å². The maximum atomic E-state index is 11.9. The highest BCUT2D eigenvalue weighted by Gasteiger charge is 2.30. The van der Waals surface area contributed by atoms with E-state index in [1.807, 2.05) is 0 Å². The molecule has 1 rings (SSSR count). The van der Waals surface area contributed by atoms with Gasteiger partial charge < -0.3 is 20.5 Å². The molecule has 0 aliphatic heterocycles. The molecule has 1 aromatic rings. The van der Waals surface area contributed by atoms with Crippen LogP contribution in [0.1, 0.15) is 0 Å². The molecule has 0 saturated heterocycles. The minimum atomic E-state index is -4.74. The molecule has 5 nitrogen and oxygen atoms in total. The van der Waals surface area contributed by atoms with Gasteiger partial charge in [-0.15, -0.1) is 13.2 Å². The molecular weight excluding hydrogens is 265 g/mol. The molecule has 0 spiro atoms. The van der Waals surface area contributed by atoms with Crippen molar-refractivity contribution in [3.05, 3.63) is 24.3 Å². The summed E-state index contributed by atoms with van der Waals surface area (Å²) in [6.07, 6.45) is -4.74. The smallest absolute Gasteiger partial charge is 0.406 e. The van der Waals surface area contributed by atoms with Gasteiger partial charge in [0.15, 0.2) is 0 Å². The van der Waals surface area contributed by atoms with E-state index in [1.54, 1.807) is 0 Å². The second-order valence-electron chi connectivity index (χ2n) is 3.62. The van der Waals surface area contributed by atoms with E-state index in [1.165, 1.54) is 19.2 Å². The Morgan fingerprint density at radius 2 is 1.95 bits per heavy atom. The maximum Gasteiger partial charge on any atom is 0.573 e. The Morgan fingerprint density at radius 1 is 1.37 bits per heavy atom. The van der Waals surface area contributed by atoms with E-state index in [0.717, 1.165) is 12.1 Å². The van der Waals surface area contributed by atoms with E-state index in [4.69, 9.17) is 10.5 Å². The molecule has 0 fully saturated rings. The number of rotatable bonds is 5. The van der Waals surface area contributed by atoms with Crippen molar-refractivity contribution in [2.45, 2.75) is 12.4 Å². The highest BCUT2D eigenvalue weighted by Crippen LogP contribution is 2.23. The Bertz CT molecular complexity index is 420. The minimum absolute atomic E-state index is 0.0428. The Labute approximate surface area is 107 Å². The molecule has 0 saturated carbocycles. The third-order valence-electron chi connectivity index (χ3n) is 2.04. The van der Waals surface area contributed by atoms with Crippen LogP contribution in [0.25, 0.3) is 0 Å². The molecule has 0 heterocycles. The van der Waals surface area contributed by atoms with Crippen molar-refractivity contribution in [3.8, 4) is 5.75 Å². The highest BCUT2D eigenvalue weighted by atomic mass is 19.4. The van der Waals surface area contributed by atoms with Crippen molar-refractivity contribution in [3.63, 3.8) is 0 Å². The number of methoxy groups -OCH3 is 1. The van der Waals surface area contributed by atoms with E-state index in [9.17, 15) is 18.0 Å². The van der Waals surface area contributed by atoms with Gasteiger partial charge in [-0.3, -0.25) is 4.79 Å². The first-order valence-corrected chi connectivity index (χ1v) is 5.23. The predicted molar refractivity (Wildman–Crippen MR) is 61.6 cm³/mol. The van der Waals surface area contributed by atoms with Crippen molar-refractivity contribution in [2.24, 2.45) is 5.73 Å². The van der Waals surface area contributed by atoms with Gasteiger partial charge in [-0.1, -0.05) is 0 Å². The van der Waals surface area contributed by atoms with Crippen LogP contribution in [0.15, 0.2) is 24.3 Å². The monoisotopic (exact) mass is 278 g/mol. The lowest BCUT2D eigenvalue weighted by Crippen LogP contribution is -2.39. The van der Waals surface area contributed by atoms with E-state index in [2.05, 4.69) is 10.1 Å².